The van der Waals surface area contributed by atoms with E-state index in [0.29, 0.717) is 19.5 Å². The highest BCUT2D eigenvalue weighted by molar-refractivity contribution is 5.92. The summed E-state index contributed by atoms with van der Waals surface area (Å²) in [6.45, 7) is 8.73. The number of benzene rings is 2. The van der Waals surface area contributed by atoms with Gasteiger partial charge in [-0.25, -0.2) is 4.39 Å². The van der Waals surface area contributed by atoms with E-state index in [9.17, 15) is 14.0 Å². The predicted molar refractivity (Wildman–Crippen MR) is 111 cm³/mol. The Bertz CT molecular complexity index is 793. The van der Waals surface area contributed by atoms with Gasteiger partial charge in [-0.3, -0.25) is 9.59 Å². The number of nitrogens with zero attached hydrogens (tertiary/aromatic N) is 1. The number of carbonyl (C=O) groups excluding carboxylic acids is 2. The lowest BCUT2D eigenvalue weighted by Crippen LogP contribution is -2.34. The first-order valence-corrected chi connectivity index (χ1v) is 9.56. The highest BCUT2D eigenvalue weighted by Gasteiger charge is 2.16. The Balaban J connectivity index is 1.86. The number of halogens is 1. The van der Waals surface area contributed by atoms with Crippen molar-refractivity contribution in [3.8, 4) is 0 Å². The van der Waals surface area contributed by atoms with Crippen molar-refractivity contribution in [3.05, 3.63) is 65.5 Å². The van der Waals surface area contributed by atoms with Crippen LogP contribution in [0.15, 0.2) is 48.5 Å². The van der Waals surface area contributed by atoms with Crippen molar-refractivity contribution in [2.45, 2.75) is 46.0 Å². The summed E-state index contributed by atoms with van der Waals surface area (Å²) in [4.78, 5) is 25.8. The van der Waals surface area contributed by atoms with Crippen LogP contribution in [0.3, 0.4) is 0 Å². The molecule has 0 bridgehead atoms. The van der Waals surface area contributed by atoms with E-state index in [4.69, 9.17) is 0 Å². The Kier molecular flexibility index (Phi) is 7.32. The van der Waals surface area contributed by atoms with Crippen molar-refractivity contribution < 1.29 is 14.0 Å². The van der Waals surface area contributed by atoms with Gasteiger partial charge in [0, 0.05) is 32.1 Å². The minimum atomic E-state index is -0.271. The smallest absolute Gasteiger partial charge is 0.223 e. The fraction of sp³-hybridized carbons (Fsp3) is 0.391. The molecule has 0 spiro atoms. The molecule has 2 amide bonds. The summed E-state index contributed by atoms with van der Waals surface area (Å²) in [5.41, 5.74) is 2.99. The molecule has 1 N–H and O–H groups in total. The molecule has 0 radical (unpaired) electrons. The lowest BCUT2D eigenvalue weighted by molar-refractivity contribution is -0.121. The fourth-order valence-corrected chi connectivity index (χ4v) is 2.91. The van der Waals surface area contributed by atoms with E-state index >= 15 is 0 Å². The zero-order valence-electron chi connectivity index (χ0n) is 17.1. The van der Waals surface area contributed by atoms with Gasteiger partial charge in [0.1, 0.15) is 5.82 Å². The second-order valence-electron chi connectivity index (χ2n) is 7.94. The molecular weight excluding hydrogens is 355 g/mol. The molecule has 0 aliphatic rings. The molecule has 28 heavy (non-hydrogen) atoms. The number of anilines is 1. The predicted octanol–water partition coefficient (Wildman–Crippen LogP) is 4.23. The van der Waals surface area contributed by atoms with Crippen molar-refractivity contribution in [1.82, 2.24) is 5.32 Å². The summed E-state index contributed by atoms with van der Waals surface area (Å²) in [7, 11) is 0. The first kappa shape index (κ1) is 21.6. The van der Waals surface area contributed by atoms with E-state index in [-0.39, 0.29) is 29.5 Å². The summed E-state index contributed by atoms with van der Waals surface area (Å²) >= 11 is 0. The largest absolute Gasteiger partial charge is 0.356 e. The summed E-state index contributed by atoms with van der Waals surface area (Å²) in [5.74, 6) is -0.477. The average Bonchev–Trinajstić information content (AvgIpc) is 2.63. The van der Waals surface area contributed by atoms with E-state index in [0.717, 1.165) is 11.3 Å². The molecule has 0 atom stereocenters. The van der Waals surface area contributed by atoms with Crippen molar-refractivity contribution in [2.75, 3.05) is 18.0 Å². The molecular formula is C23H29FN2O2. The molecule has 150 valence electrons. The van der Waals surface area contributed by atoms with Gasteiger partial charge in [0.25, 0.3) is 0 Å². The number of rotatable bonds is 7. The van der Waals surface area contributed by atoms with Crippen LogP contribution in [0.5, 0.6) is 0 Å². The zero-order chi connectivity index (χ0) is 20.7. The van der Waals surface area contributed by atoms with Gasteiger partial charge in [-0.2, -0.15) is 0 Å². The average molecular weight is 384 g/mol. The monoisotopic (exact) mass is 384 g/mol. The van der Waals surface area contributed by atoms with Gasteiger partial charge in [0.2, 0.25) is 11.8 Å². The molecule has 0 unspecified atom stereocenters. The van der Waals surface area contributed by atoms with E-state index in [1.165, 1.54) is 24.6 Å². The Labute approximate surface area is 166 Å². The first-order valence-electron chi connectivity index (χ1n) is 9.56. The third kappa shape index (κ3) is 6.48. The molecule has 4 nitrogen and oxygen atoms in total. The van der Waals surface area contributed by atoms with Gasteiger partial charge >= 0.3 is 0 Å². The zero-order valence-corrected chi connectivity index (χ0v) is 17.1. The van der Waals surface area contributed by atoms with Crippen LogP contribution in [0.1, 0.15) is 45.2 Å². The SMILES string of the molecule is CC(=O)N(CCC(=O)NCCc1ccc(F)cc1)c1ccc(C(C)(C)C)cc1. The number of hydrogen-bond donors (Lipinski definition) is 1. The van der Waals surface area contributed by atoms with Gasteiger partial charge in [-0.1, -0.05) is 45.0 Å². The standard InChI is InChI=1S/C23H29FN2O2/c1-17(27)26(21-11-7-19(8-12-21)23(2,3)4)16-14-22(28)25-15-13-18-5-9-20(24)10-6-18/h5-12H,13-16H2,1-4H3,(H,25,28). The first-order chi connectivity index (χ1) is 13.2. The van der Waals surface area contributed by atoms with Gasteiger partial charge in [-0.05, 0) is 47.2 Å². The van der Waals surface area contributed by atoms with Gasteiger partial charge < -0.3 is 10.2 Å². The molecule has 5 heteroatoms. The summed E-state index contributed by atoms with van der Waals surface area (Å²) in [5, 5.41) is 2.85. The fourth-order valence-electron chi connectivity index (χ4n) is 2.91. The summed E-state index contributed by atoms with van der Waals surface area (Å²) in [6.07, 6.45) is 0.862. The van der Waals surface area contributed by atoms with Crippen molar-refractivity contribution in [2.24, 2.45) is 0 Å². The topological polar surface area (TPSA) is 49.4 Å². The molecule has 0 heterocycles. The van der Waals surface area contributed by atoms with E-state index in [1.54, 1.807) is 17.0 Å². The molecule has 0 aliphatic heterocycles. The minimum Gasteiger partial charge on any atom is -0.356 e. The van der Waals surface area contributed by atoms with Crippen LogP contribution in [-0.2, 0) is 21.4 Å². The van der Waals surface area contributed by atoms with Crippen LogP contribution < -0.4 is 10.2 Å². The lowest BCUT2D eigenvalue weighted by Gasteiger charge is -2.23. The summed E-state index contributed by atoms with van der Waals surface area (Å²) < 4.78 is 12.9. The highest BCUT2D eigenvalue weighted by atomic mass is 19.1. The third-order valence-electron chi connectivity index (χ3n) is 4.64. The van der Waals surface area contributed by atoms with Crippen molar-refractivity contribution in [1.29, 1.82) is 0 Å². The number of nitrogens with one attached hydrogen (secondary N) is 1. The maximum absolute atomic E-state index is 12.9. The number of carbonyl (C=O) groups is 2. The molecule has 0 saturated heterocycles. The minimum absolute atomic E-state index is 0.0456. The molecule has 2 aromatic carbocycles. The molecule has 0 aliphatic carbocycles. The van der Waals surface area contributed by atoms with Crippen LogP contribution in [-0.4, -0.2) is 24.9 Å². The third-order valence-corrected chi connectivity index (χ3v) is 4.64. The molecule has 2 rings (SSSR count). The summed E-state index contributed by atoms with van der Waals surface area (Å²) in [6, 6.07) is 14.1. The van der Waals surface area contributed by atoms with Crippen molar-refractivity contribution in [3.63, 3.8) is 0 Å². The van der Waals surface area contributed by atoms with Gasteiger partial charge in [-0.15, -0.1) is 0 Å². The second-order valence-corrected chi connectivity index (χ2v) is 7.94. The van der Waals surface area contributed by atoms with E-state index in [2.05, 4.69) is 26.1 Å². The Morgan fingerprint density at radius 1 is 1.00 bits per heavy atom. The van der Waals surface area contributed by atoms with Crippen LogP contribution in [0, 0.1) is 5.82 Å². The Morgan fingerprint density at radius 3 is 2.14 bits per heavy atom. The molecule has 0 saturated carbocycles. The van der Waals surface area contributed by atoms with Crippen LogP contribution >= 0.6 is 0 Å². The molecule has 2 aromatic rings. The normalized spacial score (nSPS) is 11.2. The van der Waals surface area contributed by atoms with E-state index < -0.39 is 0 Å². The van der Waals surface area contributed by atoms with Gasteiger partial charge in [0.15, 0.2) is 0 Å². The number of hydrogen-bond acceptors (Lipinski definition) is 2. The molecule has 0 aromatic heterocycles. The van der Waals surface area contributed by atoms with Crippen LogP contribution in [0.4, 0.5) is 10.1 Å². The Hall–Kier alpha value is -2.69. The second kappa shape index (κ2) is 9.49. The number of amides is 2. The Morgan fingerprint density at radius 2 is 1.61 bits per heavy atom. The maximum Gasteiger partial charge on any atom is 0.223 e. The maximum atomic E-state index is 12.9. The molecule has 0 fully saturated rings. The highest BCUT2D eigenvalue weighted by Crippen LogP contribution is 2.25. The quantitative estimate of drug-likeness (QED) is 0.777. The van der Waals surface area contributed by atoms with Gasteiger partial charge in [0.05, 0.1) is 0 Å². The van der Waals surface area contributed by atoms with Crippen LogP contribution in [0.25, 0.3) is 0 Å². The van der Waals surface area contributed by atoms with Crippen LogP contribution in [0.2, 0.25) is 0 Å². The van der Waals surface area contributed by atoms with Crippen molar-refractivity contribution >= 4 is 17.5 Å². The van der Waals surface area contributed by atoms with E-state index in [1.807, 2.05) is 24.3 Å². The lowest BCUT2D eigenvalue weighted by atomic mass is 9.87.